The molecule has 216 valence electrons. The maximum absolute atomic E-state index is 14.3. The van der Waals surface area contributed by atoms with E-state index in [9.17, 15) is 14.4 Å². The van der Waals surface area contributed by atoms with Gasteiger partial charge in [0.15, 0.2) is 0 Å². The number of ether oxygens (including phenoxy) is 1. The van der Waals surface area contributed by atoms with Crippen molar-refractivity contribution in [2.24, 2.45) is 11.8 Å². The van der Waals surface area contributed by atoms with Crippen LogP contribution in [0.2, 0.25) is 5.02 Å². The van der Waals surface area contributed by atoms with Crippen molar-refractivity contribution in [1.29, 1.82) is 0 Å². The summed E-state index contributed by atoms with van der Waals surface area (Å²) in [6.45, 7) is 3.90. The lowest BCUT2D eigenvalue weighted by molar-refractivity contribution is -0.143. The number of nitrogens with one attached hydrogen (secondary N) is 2. The second-order valence-electron chi connectivity index (χ2n) is 12.1. The highest BCUT2D eigenvalue weighted by Crippen LogP contribution is 2.56. The highest BCUT2D eigenvalue weighted by atomic mass is 35.5. The predicted molar refractivity (Wildman–Crippen MR) is 158 cm³/mol. The topological polar surface area (TPSA) is 87.7 Å². The summed E-state index contributed by atoms with van der Waals surface area (Å²) in [6.07, 6.45) is 9.86. The van der Waals surface area contributed by atoms with E-state index in [1.165, 1.54) is 12.0 Å². The molecule has 2 saturated heterocycles. The van der Waals surface area contributed by atoms with Crippen LogP contribution in [0.15, 0.2) is 60.7 Å². The fourth-order valence-electron chi connectivity index (χ4n) is 7.26. The first-order valence-corrected chi connectivity index (χ1v) is 15.3. The van der Waals surface area contributed by atoms with Gasteiger partial charge in [-0.1, -0.05) is 79.4 Å². The Hall–Kier alpha value is -3.16. The summed E-state index contributed by atoms with van der Waals surface area (Å²) in [4.78, 5) is 43.9. The van der Waals surface area contributed by atoms with Gasteiger partial charge in [-0.05, 0) is 62.8 Å². The number of hydrogen-bond acceptors (Lipinski definition) is 4. The maximum Gasteiger partial charge on any atom is 0.246 e. The lowest BCUT2D eigenvalue weighted by Crippen LogP contribution is -2.58. The highest BCUT2D eigenvalue weighted by Gasteiger charge is 2.73. The van der Waals surface area contributed by atoms with Crippen molar-refractivity contribution in [1.82, 2.24) is 10.2 Å². The highest BCUT2D eigenvalue weighted by molar-refractivity contribution is 6.31. The van der Waals surface area contributed by atoms with Crippen molar-refractivity contribution in [3.8, 4) is 0 Å². The van der Waals surface area contributed by atoms with Gasteiger partial charge in [-0.15, -0.1) is 0 Å². The number of benzene rings is 2. The number of nitrogens with zero attached hydrogens (tertiary/aromatic N) is 1. The molecule has 0 aromatic heterocycles. The molecule has 1 spiro atoms. The van der Waals surface area contributed by atoms with Crippen molar-refractivity contribution >= 4 is 35.0 Å². The molecule has 3 heterocycles. The van der Waals surface area contributed by atoms with Crippen molar-refractivity contribution in [3.05, 3.63) is 76.8 Å². The van der Waals surface area contributed by atoms with Crippen LogP contribution in [0.5, 0.6) is 0 Å². The smallest absolute Gasteiger partial charge is 0.246 e. The normalized spacial score (nSPS) is 29.4. The van der Waals surface area contributed by atoms with Crippen molar-refractivity contribution < 1.29 is 19.1 Å². The summed E-state index contributed by atoms with van der Waals surface area (Å²) in [5.74, 6) is -2.20. The number of aryl methyl sites for hydroxylation is 2. The van der Waals surface area contributed by atoms with Gasteiger partial charge < -0.3 is 20.3 Å². The van der Waals surface area contributed by atoms with Crippen molar-refractivity contribution in [2.75, 3.05) is 5.32 Å². The molecule has 6 atom stereocenters. The van der Waals surface area contributed by atoms with E-state index in [2.05, 4.69) is 22.8 Å². The first kappa shape index (κ1) is 28.0. The summed E-state index contributed by atoms with van der Waals surface area (Å²) in [5.41, 5.74) is 1.48. The average molecular weight is 576 g/mol. The Bertz CT molecular complexity index is 1360. The second kappa shape index (κ2) is 11.3. The quantitative estimate of drug-likeness (QED) is 0.423. The molecule has 3 aliphatic heterocycles. The minimum Gasteiger partial charge on any atom is -0.359 e. The van der Waals surface area contributed by atoms with Gasteiger partial charge in [-0.25, -0.2) is 0 Å². The van der Waals surface area contributed by atoms with E-state index in [0.29, 0.717) is 17.1 Å². The zero-order chi connectivity index (χ0) is 28.7. The first-order chi connectivity index (χ1) is 19.8. The molecular formula is C33H38ClN3O4. The van der Waals surface area contributed by atoms with Crippen LogP contribution in [-0.2, 0) is 25.5 Å². The zero-order valence-corrected chi connectivity index (χ0v) is 24.4. The van der Waals surface area contributed by atoms with Crippen LogP contribution in [0.3, 0.4) is 0 Å². The number of fused-ring (bicyclic) bond motifs is 1. The molecule has 2 aromatic rings. The van der Waals surface area contributed by atoms with E-state index < -0.39 is 29.6 Å². The van der Waals surface area contributed by atoms with Gasteiger partial charge in [-0.3, -0.25) is 14.4 Å². The fourth-order valence-corrected chi connectivity index (χ4v) is 7.44. The maximum atomic E-state index is 14.3. The minimum atomic E-state index is -1.17. The largest absolute Gasteiger partial charge is 0.359 e. The van der Waals surface area contributed by atoms with Crippen LogP contribution in [0.4, 0.5) is 5.69 Å². The van der Waals surface area contributed by atoms with Gasteiger partial charge in [0.25, 0.3) is 0 Å². The Kier molecular flexibility index (Phi) is 7.68. The first-order valence-electron chi connectivity index (χ1n) is 14.9. The Labute approximate surface area is 246 Å². The number of anilines is 1. The van der Waals surface area contributed by atoms with E-state index in [1.54, 1.807) is 17.0 Å². The van der Waals surface area contributed by atoms with Gasteiger partial charge in [-0.2, -0.15) is 0 Å². The second-order valence-corrected chi connectivity index (χ2v) is 12.5. The van der Waals surface area contributed by atoms with Crippen LogP contribution in [0.25, 0.3) is 0 Å². The summed E-state index contributed by atoms with van der Waals surface area (Å²) in [6, 6.07) is 14.5. The third-order valence-electron chi connectivity index (χ3n) is 9.42. The van der Waals surface area contributed by atoms with Crippen molar-refractivity contribution in [3.63, 3.8) is 0 Å². The summed E-state index contributed by atoms with van der Waals surface area (Å²) in [5, 5.41) is 6.78. The van der Waals surface area contributed by atoms with Crippen LogP contribution < -0.4 is 10.6 Å². The Balaban J connectivity index is 1.29. The van der Waals surface area contributed by atoms with Crippen LogP contribution in [-0.4, -0.2) is 52.5 Å². The molecule has 2 aromatic carbocycles. The number of likely N-dealkylation sites (tertiary alicyclic amines) is 1. The van der Waals surface area contributed by atoms with E-state index in [-0.39, 0.29) is 29.8 Å². The standard InChI is InChI=1S/C33H38ClN3O4/c1-20-13-16-24(19-25(20)34)36-30(38)27-26-17-18-33(41-26)28(27)32(40)37(21(2)14-15-22-9-5-3-6-10-22)29(33)31(39)35-23-11-7-4-8-12-23/h3,5-6,9-10,13,16-19,21,23,26-29H,4,7-8,11-12,14-15H2,1-2H3,(H,35,39)(H,36,38). The Morgan fingerprint density at radius 1 is 1.10 bits per heavy atom. The fraction of sp³-hybridized carbons (Fsp3) is 0.485. The number of hydrogen-bond donors (Lipinski definition) is 2. The summed E-state index contributed by atoms with van der Waals surface area (Å²) in [7, 11) is 0. The lowest BCUT2D eigenvalue weighted by Gasteiger charge is -2.36. The predicted octanol–water partition coefficient (Wildman–Crippen LogP) is 5.21. The van der Waals surface area contributed by atoms with Gasteiger partial charge in [0.1, 0.15) is 11.6 Å². The van der Waals surface area contributed by atoms with Crippen LogP contribution in [0, 0.1) is 18.8 Å². The number of rotatable bonds is 8. The molecule has 1 aliphatic carbocycles. The number of amides is 3. The molecular weight excluding hydrogens is 538 g/mol. The summed E-state index contributed by atoms with van der Waals surface area (Å²) < 4.78 is 6.51. The Morgan fingerprint density at radius 3 is 2.59 bits per heavy atom. The number of halogens is 1. The number of carbonyl (C=O) groups is 3. The molecule has 2 N–H and O–H groups in total. The molecule has 1 saturated carbocycles. The third-order valence-corrected chi connectivity index (χ3v) is 9.83. The van der Waals surface area contributed by atoms with Gasteiger partial charge in [0.05, 0.1) is 17.9 Å². The van der Waals surface area contributed by atoms with E-state index in [1.807, 2.05) is 50.3 Å². The van der Waals surface area contributed by atoms with E-state index in [0.717, 1.165) is 37.7 Å². The summed E-state index contributed by atoms with van der Waals surface area (Å²) >= 11 is 6.30. The third kappa shape index (κ3) is 5.08. The van der Waals surface area contributed by atoms with Gasteiger partial charge in [0.2, 0.25) is 17.7 Å². The molecule has 8 heteroatoms. The zero-order valence-electron chi connectivity index (χ0n) is 23.6. The van der Waals surface area contributed by atoms with E-state index >= 15 is 0 Å². The molecule has 7 nitrogen and oxygen atoms in total. The van der Waals surface area contributed by atoms with E-state index in [4.69, 9.17) is 16.3 Å². The lowest BCUT2D eigenvalue weighted by atomic mass is 9.74. The molecule has 2 bridgehead atoms. The van der Waals surface area contributed by atoms with Crippen LogP contribution in [0.1, 0.15) is 56.6 Å². The number of carbonyl (C=O) groups excluding carboxylic acids is 3. The monoisotopic (exact) mass is 575 g/mol. The molecule has 6 rings (SSSR count). The van der Waals surface area contributed by atoms with Crippen LogP contribution >= 0.6 is 11.6 Å². The van der Waals surface area contributed by atoms with Gasteiger partial charge >= 0.3 is 0 Å². The molecule has 0 radical (unpaired) electrons. The molecule has 4 aliphatic rings. The van der Waals surface area contributed by atoms with Gasteiger partial charge in [0, 0.05) is 22.8 Å². The molecule has 41 heavy (non-hydrogen) atoms. The molecule has 3 fully saturated rings. The molecule has 3 amide bonds. The molecule has 6 unspecified atom stereocenters. The van der Waals surface area contributed by atoms with Crippen molar-refractivity contribution in [2.45, 2.75) is 88.6 Å². The Morgan fingerprint density at radius 2 is 1.85 bits per heavy atom. The average Bonchev–Trinajstić information content (AvgIpc) is 3.62. The minimum absolute atomic E-state index is 0.0937. The SMILES string of the molecule is Cc1ccc(NC(=O)C2C3C=CC4(O3)C2C(=O)N(C(C)CCc2ccccc2)C4C(=O)NC2CCCCC2)cc1Cl.